The number of thioether (sulfide) groups is 1. The predicted molar refractivity (Wildman–Crippen MR) is 185 cm³/mol. The van der Waals surface area contributed by atoms with Gasteiger partial charge in [0.05, 0.1) is 23.6 Å². The van der Waals surface area contributed by atoms with Crippen LogP contribution in [0.3, 0.4) is 0 Å². The molecule has 2 amide bonds. The van der Waals surface area contributed by atoms with Crippen molar-refractivity contribution in [1.82, 2.24) is 30.2 Å². The van der Waals surface area contributed by atoms with Crippen LogP contribution in [0.2, 0.25) is 0 Å². The van der Waals surface area contributed by atoms with Crippen LogP contribution in [0.1, 0.15) is 40.3 Å². The Morgan fingerprint density at radius 2 is 1.73 bits per heavy atom. The number of aliphatic hydroxyl groups excluding tert-OH is 2. The zero-order valence-corrected chi connectivity index (χ0v) is 32.5. The third kappa shape index (κ3) is 13.5. The van der Waals surface area contributed by atoms with Gasteiger partial charge >= 0.3 is 23.5 Å². The van der Waals surface area contributed by atoms with Crippen LogP contribution in [-0.4, -0.2) is 122 Å². The number of phosphoric acid groups is 3. The van der Waals surface area contributed by atoms with Gasteiger partial charge in [-0.25, -0.2) is 28.6 Å². The van der Waals surface area contributed by atoms with E-state index in [0.717, 1.165) is 17.2 Å². The molecular weight excluding hydrogens is 799 g/mol. The molecule has 23 nitrogen and oxygen atoms in total. The molecule has 1 aliphatic heterocycles. The van der Waals surface area contributed by atoms with E-state index in [2.05, 4.69) is 47.0 Å². The second-order valence-corrected chi connectivity index (χ2v) is 19.7. The standard InChI is InChI=1S/C24H42N7O16P3S2/c1-23(2,18(34)21(35)27-6-5-14(32)26-7-8-52-24(3,4)51)10-44-50(41,42)47-49(39,40)43-9-13-17(46-48(36,37)38)16(33)22(45-13)31-12-30-15-19(25)28-11-29-20(15)31/h11-13,16-18,22,33-34,51H,5-10H2,1-4H3,(H,26,32)(H,27,35)(H,39,40)(H,41,42)(H2,25,28,29)(H2,36,37,38). The molecule has 7 unspecified atom stereocenters. The van der Waals surface area contributed by atoms with Gasteiger partial charge in [0.15, 0.2) is 17.7 Å². The lowest BCUT2D eigenvalue weighted by molar-refractivity contribution is -0.137. The molecule has 1 saturated heterocycles. The van der Waals surface area contributed by atoms with Crippen molar-refractivity contribution in [2.45, 2.75) is 68.8 Å². The number of rotatable bonds is 20. The number of phosphoric ester groups is 3. The maximum absolute atomic E-state index is 12.6. The summed E-state index contributed by atoms with van der Waals surface area (Å²) < 4.78 is 61.7. The van der Waals surface area contributed by atoms with E-state index in [-0.39, 0.29) is 39.9 Å². The average Bonchev–Trinajstić information content (AvgIpc) is 3.56. The number of carbonyl (C=O) groups excluding carboxylic acids is 2. The van der Waals surface area contributed by atoms with Gasteiger partial charge in [-0.15, -0.1) is 11.8 Å². The fourth-order valence-electron chi connectivity index (χ4n) is 4.43. The Hall–Kier alpha value is -1.76. The second-order valence-electron chi connectivity index (χ2n) is 12.4. The van der Waals surface area contributed by atoms with Crippen LogP contribution in [0.5, 0.6) is 0 Å². The minimum atomic E-state index is -5.55. The van der Waals surface area contributed by atoms with Gasteiger partial charge in [-0.2, -0.15) is 16.9 Å². The predicted octanol–water partition coefficient (Wildman–Crippen LogP) is -0.196. The van der Waals surface area contributed by atoms with Crippen LogP contribution in [0.25, 0.3) is 11.2 Å². The number of nitrogen functional groups attached to an aromatic ring is 1. The zero-order valence-electron chi connectivity index (χ0n) is 28.1. The first-order valence-electron chi connectivity index (χ1n) is 15.1. The SMILES string of the molecule is CC(C)(S)SCCNC(=O)CCNC(=O)C(O)C(C)(C)COP(=O)(O)OP(=O)(O)OCC1OC(n2cnc3c(N)ncnc32)C(O)C1OP(=O)(O)O. The van der Waals surface area contributed by atoms with Crippen molar-refractivity contribution >= 4 is 76.7 Å². The monoisotopic (exact) mass is 841 g/mol. The Morgan fingerprint density at radius 1 is 1.08 bits per heavy atom. The van der Waals surface area contributed by atoms with E-state index >= 15 is 0 Å². The van der Waals surface area contributed by atoms with E-state index < -0.39 is 78.6 Å². The summed E-state index contributed by atoms with van der Waals surface area (Å²) >= 11 is 5.90. The number of ether oxygens (including phenoxy) is 1. The van der Waals surface area contributed by atoms with Gasteiger partial charge in [-0.05, 0) is 13.8 Å². The summed E-state index contributed by atoms with van der Waals surface area (Å²) in [6, 6.07) is 0. The molecule has 7 atom stereocenters. The van der Waals surface area contributed by atoms with Gasteiger partial charge in [-0.3, -0.25) is 27.7 Å². The molecule has 0 spiro atoms. The van der Waals surface area contributed by atoms with Gasteiger partial charge in [0.1, 0.15) is 36.3 Å². The van der Waals surface area contributed by atoms with Crippen LogP contribution in [0.15, 0.2) is 12.7 Å². The molecule has 0 aromatic carbocycles. The number of nitrogens with two attached hydrogens (primary N) is 1. The first kappa shape index (κ1) is 44.6. The topological polar surface area (TPSA) is 347 Å². The van der Waals surface area contributed by atoms with E-state index in [1.165, 1.54) is 25.6 Å². The van der Waals surface area contributed by atoms with Crippen LogP contribution >= 0.6 is 47.9 Å². The molecule has 2 aromatic heterocycles. The second kappa shape index (κ2) is 17.8. The molecule has 3 heterocycles. The fraction of sp³-hybridized carbons (Fsp3) is 0.708. The largest absolute Gasteiger partial charge is 0.481 e. The van der Waals surface area contributed by atoms with Crippen molar-refractivity contribution in [1.29, 1.82) is 0 Å². The molecule has 0 bridgehead atoms. The number of fused-ring (bicyclic) bond motifs is 1. The number of anilines is 1. The number of carbonyl (C=O) groups is 2. The number of amides is 2. The third-order valence-corrected chi connectivity index (χ3v) is 11.6. The fourth-order valence-corrected chi connectivity index (χ4v) is 8.24. The van der Waals surface area contributed by atoms with E-state index in [9.17, 15) is 53.1 Å². The van der Waals surface area contributed by atoms with Crippen LogP contribution < -0.4 is 16.4 Å². The molecule has 0 radical (unpaired) electrons. The molecule has 28 heteroatoms. The number of nitrogens with zero attached hydrogens (tertiary/aromatic N) is 4. The van der Waals surface area contributed by atoms with Crippen molar-refractivity contribution in [3.8, 4) is 0 Å². The maximum atomic E-state index is 12.6. The Labute approximate surface area is 306 Å². The van der Waals surface area contributed by atoms with E-state index in [1.807, 2.05) is 13.8 Å². The number of aromatic nitrogens is 4. The highest BCUT2D eigenvalue weighted by Crippen LogP contribution is 2.61. The number of hydrogen-bond donors (Lipinski definition) is 10. The van der Waals surface area contributed by atoms with Gasteiger partial charge in [0.2, 0.25) is 11.8 Å². The lowest BCUT2D eigenvalue weighted by Gasteiger charge is -2.30. The van der Waals surface area contributed by atoms with Crippen molar-refractivity contribution in [3.05, 3.63) is 12.7 Å². The quantitative estimate of drug-likeness (QED) is 0.0357. The summed E-state index contributed by atoms with van der Waals surface area (Å²) in [6.07, 6.45) is -6.75. The van der Waals surface area contributed by atoms with E-state index in [0.29, 0.717) is 12.3 Å². The van der Waals surface area contributed by atoms with Gasteiger partial charge in [0, 0.05) is 30.7 Å². The van der Waals surface area contributed by atoms with Crippen molar-refractivity contribution in [3.63, 3.8) is 0 Å². The summed E-state index contributed by atoms with van der Waals surface area (Å²) in [5.41, 5.74) is 4.30. The Bertz CT molecular complexity index is 1710. The normalized spacial score (nSPS) is 22.8. The van der Waals surface area contributed by atoms with Gasteiger partial charge < -0.3 is 50.9 Å². The molecule has 3 rings (SSSR count). The first-order chi connectivity index (χ1) is 23.8. The summed E-state index contributed by atoms with van der Waals surface area (Å²) in [5.74, 6) is -0.714. The first-order valence-corrected chi connectivity index (χ1v) is 21.0. The summed E-state index contributed by atoms with van der Waals surface area (Å²) in [4.78, 5) is 75.3. The summed E-state index contributed by atoms with van der Waals surface area (Å²) in [5, 5.41) is 26.4. The molecule has 1 fully saturated rings. The van der Waals surface area contributed by atoms with E-state index in [1.54, 1.807) is 0 Å². The van der Waals surface area contributed by atoms with E-state index in [4.69, 9.17) is 19.5 Å². The van der Waals surface area contributed by atoms with Gasteiger partial charge in [-0.1, -0.05) is 13.8 Å². The average molecular weight is 842 g/mol. The number of hydrogen-bond acceptors (Lipinski definition) is 18. The zero-order chi connectivity index (χ0) is 39.3. The highest BCUT2D eigenvalue weighted by Gasteiger charge is 2.50. The maximum Gasteiger partial charge on any atom is 0.481 e. The van der Waals surface area contributed by atoms with Crippen LogP contribution in [0.4, 0.5) is 5.82 Å². The number of aliphatic hydroxyl groups is 2. The Balaban J connectivity index is 1.54. The molecule has 2 aromatic rings. The molecule has 0 aliphatic carbocycles. The van der Waals surface area contributed by atoms with Crippen molar-refractivity contribution < 1.29 is 75.7 Å². The lowest BCUT2D eigenvalue weighted by Crippen LogP contribution is -2.46. The number of thiol groups is 1. The highest BCUT2D eigenvalue weighted by atomic mass is 32.2. The molecular formula is C24H42N7O16P3S2. The Morgan fingerprint density at radius 3 is 2.37 bits per heavy atom. The smallest absolute Gasteiger partial charge is 0.386 e. The minimum Gasteiger partial charge on any atom is -0.386 e. The Kier molecular flexibility index (Phi) is 15.3. The number of nitrogens with one attached hydrogen (secondary N) is 2. The highest BCUT2D eigenvalue weighted by molar-refractivity contribution is 8.11. The summed E-state index contributed by atoms with van der Waals surface area (Å²) in [7, 11) is -16.3. The number of imidazole rings is 1. The molecule has 10 N–H and O–H groups in total. The van der Waals surface area contributed by atoms with Crippen molar-refractivity contribution in [2.24, 2.45) is 5.41 Å². The minimum absolute atomic E-state index is 0.0365. The van der Waals surface area contributed by atoms with Crippen molar-refractivity contribution in [2.75, 3.05) is 37.8 Å². The van der Waals surface area contributed by atoms with Gasteiger partial charge in [0.25, 0.3) is 0 Å². The molecule has 1 aliphatic rings. The molecule has 0 saturated carbocycles. The lowest BCUT2D eigenvalue weighted by atomic mass is 9.87. The summed E-state index contributed by atoms with van der Waals surface area (Å²) in [6.45, 7) is 4.61. The van der Waals surface area contributed by atoms with Crippen LogP contribution in [0, 0.1) is 5.41 Å². The van der Waals surface area contributed by atoms with Crippen LogP contribution in [-0.2, 0) is 45.9 Å². The molecule has 52 heavy (non-hydrogen) atoms. The molecule has 296 valence electrons. The third-order valence-electron chi connectivity index (χ3n) is 6.96.